The fourth-order valence-electron chi connectivity index (χ4n) is 3.76. The summed E-state index contributed by atoms with van der Waals surface area (Å²) >= 11 is 0. The van der Waals surface area contributed by atoms with Crippen molar-refractivity contribution >= 4 is 28.8 Å². The Balaban J connectivity index is 1.94. The number of ketones is 1. The summed E-state index contributed by atoms with van der Waals surface area (Å²) in [6.45, 7) is 2.12. The lowest BCUT2D eigenvalue weighted by atomic mass is 10.1. The first kappa shape index (κ1) is 20.1. The van der Waals surface area contributed by atoms with E-state index in [1.54, 1.807) is 0 Å². The maximum Gasteiger partial charge on any atom is 0.184 e. The van der Waals surface area contributed by atoms with Gasteiger partial charge in [-0.15, -0.1) is 0 Å². The number of benzene rings is 4. The molecule has 0 fully saturated rings. The van der Waals surface area contributed by atoms with Gasteiger partial charge in [0.1, 0.15) is 6.54 Å². The molecule has 0 saturated carbocycles. The van der Waals surface area contributed by atoms with Gasteiger partial charge in [-0.2, -0.15) is 0 Å². The van der Waals surface area contributed by atoms with E-state index in [9.17, 15) is 4.79 Å². The normalized spacial score (nSPS) is 11.1. The van der Waals surface area contributed by atoms with Gasteiger partial charge in [0.15, 0.2) is 5.78 Å². The van der Waals surface area contributed by atoms with Gasteiger partial charge < -0.3 is 0 Å². The average Bonchev–Trinajstić information content (AvgIpc) is 2.82. The van der Waals surface area contributed by atoms with Crippen LogP contribution in [0.25, 0.3) is 0 Å². The quantitative estimate of drug-likeness (QED) is 0.312. The Morgan fingerprint density at radius 1 is 0.633 bits per heavy atom. The van der Waals surface area contributed by atoms with Crippen LogP contribution in [-0.4, -0.2) is 12.3 Å². The van der Waals surface area contributed by atoms with Gasteiger partial charge in [0.05, 0.1) is 7.05 Å². The van der Waals surface area contributed by atoms with E-state index in [-0.39, 0.29) is 12.3 Å². The highest BCUT2D eigenvalue weighted by Crippen LogP contribution is 2.46. The Morgan fingerprint density at radius 3 is 1.47 bits per heavy atom. The number of rotatable bonds is 6. The third kappa shape index (κ3) is 3.92. The molecular weight excluding hydrogens is 385 g/mol. The molecule has 4 aromatic carbocycles. The predicted molar refractivity (Wildman–Crippen MR) is 128 cm³/mol. The number of Topliss-reactive ketones (excluding diaryl/α,β-unsaturated/α-hetero) is 1. The van der Waals surface area contributed by atoms with Crippen molar-refractivity contribution in [2.24, 2.45) is 4.74 Å². The maximum absolute atomic E-state index is 13.1. The highest BCUT2D eigenvalue weighted by atomic mass is 31.2. The fraction of sp³-hybridized carbons (Fsp3) is 0.0741. The zero-order valence-corrected chi connectivity index (χ0v) is 17.9. The van der Waals surface area contributed by atoms with Crippen molar-refractivity contribution in [1.29, 1.82) is 0 Å². The van der Waals surface area contributed by atoms with Crippen LogP contribution in [0.1, 0.15) is 15.9 Å². The minimum atomic E-state index is -2.34. The van der Waals surface area contributed by atoms with Crippen LogP contribution in [0.2, 0.25) is 0 Å². The number of aryl methyl sites for hydroxylation is 1. The lowest BCUT2D eigenvalue weighted by molar-refractivity contribution is 0.100. The third-order valence-corrected chi connectivity index (χ3v) is 8.96. The van der Waals surface area contributed by atoms with Crippen LogP contribution in [0, 0.1) is 6.92 Å². The molecule has 0 aliphatic carbocycles. The molecule has 0 aliphatic heterocycles. The van der Waals surface area contributed by atoms with Crippen molar-refractivity contribution in [2.75, 3.05) is 6.54 Å². The lowest BCUT2D eigenvalue weighted by Gasteiger charge is -2.27. The molecule has 0 radical (unpaired) electrons. The van der Waals surface area contributed by atoms with Crippen molar-refractivity contribution in [3.63, 3.8) is 0 Å². The molecule has 148 valence electrons. The average molecular weight is 409 g/mol. The van der Waals surface area contributed by atoms with Crippen LogP contribution < -0.4 is 15.9 Å². The molecule has 0 saturated heterocycles. The molecule has 30 heavy (non-hydrogen) atoms. The van der Waals surface area contributed by atoms with E-state index in [0.29, 0.717) is 0 Å². The second-order valence-electron chi connectivity index (χ2n) is 7.18. The van der Waals surface area contributed by atoms with Crippen LogP contribution in [0.4, 0.5) is 0 Å². The molecule has 4 rings (SSSR count). The van der Waals surface area contributed by atoms with E-state index < -0.39 is 7.05 Å². The smallest absolute Gasteiger partial charge is 0.184 e. The summed E-state index contributed by atoms with van der Waals surface area (Å²) in [5.74, 6) is 0.0558. The van der Waals surface area contributed by atoms with Crippen LogP contribution in [0.5, 0.6) is 0 Å². The molecule has 4 aromatic rings. The largest absolute Gasteiger partial charge is 0.292 e. The van der Waals surface area contributed by atoms with Gasteiger partial charge in [-0.3, -0.25) is 9.54 Å². The number of hydrogen-bond acceptors (Lipinski definition) is 2. The second kappa shape index (κ2) is 9.07. The zero-order valence-electron chi connectivity index (χ0n) is 17.0. The molecule has 0 unspecified atom stereocenters. The van der Waals surface area contributed by atoms with Crippen LogP contribution in [0.3, 0.4) is 0 Å². The number of nitrogens with zero attached hydrogens (tertiary/aromatic N) is 1. The van der Waals surface area contributed by atoms with E-state index in [2.05, 4.69) is 72.8 Å². The first-order chi connectivity index (χ1) is 14.7. The van der Waals surface area contributed by atoms with E-state index in [1.165, 1.54) is 0 Å². The lowest BCUT2D eigenvalue weighted by Crippen LogP contribution is -2.26. The van der Waals surface area contributed by atoms with Gasteiger partial charge in [0, 0.05) is 21.5 Å². The van der Waals surface area contributed by atoms with Crippen LogP contribution >= 0.6 is 7.05 Å². The number of carbonyl (C=O) groups excluding carboxylic acids is 1. The standard InChI is InChI=1S/C27H24NOP/c1-22-13-11-12-20-26(22)27(29)21-28-30(23-14-5-2-6-15-23,24-16-7-3-8-17-24)25-18-9-4-10-19-25/h2-20H,21H2,1H3. The molecule has 0 aliphatic rings. The Labute approximate surface area is 178 Å². The van der Waals surface area contributed by atoms with Gasteiger partial charge in [-0.05, 0) is 12.5 Å². The van der Waals surface area contributed by atoms with Crippen molar-refractivity contribution < 1.29 is 4.79 Å². The van der Waals surface area contributed by atoms with Gasteiger partial charge in [0.2, 0.25) is 0 Å². The summed E-state index contributed by atoms with van der Waals surface area (Å²) in [6, 6.07) is 38.9. The Hall–Kier alpha value is -3.22. The molecule has 0 spiro atoms. The van der Waals surface area contributed by atoms with E-state index >= 15 is 0 Å². The number of hydrogen-bond donors (Lipinski definition) is 0. The number of carbonyl (C=O) groups is 1. The van der Waals surface area contributed by atoms with Crippen molar-refractivity contribution in [2.45, 2.75) is 6.92 Å². The summed E-state index contributed by atoms with van der Waals surface area (Å²) in [4.78, 5) is 13.1. The molecule has 0 atom stereocenters. The topological polar surface area (TPSA) is 29.4 Å². The summed E-state index contributed by atoms with van der Waals surface area (Å²) < 4.78 is 5.24. The van der Waals surface area contributed by atoms with Crippen LogP contribution in [-0.2, 0) is 0 Å². The SMILES string of the molecule is Cc1ccccc1C(=O)CN=P(c1ccccc1)(c1ccccc1)c1ccccc1. The monoisotopic (exact) mass is 409 g/mol. The first-order valence-electron chi connectivity index (χ1n) is 10.1. The van der Waals surface area contributed by atoms with E-state index in [0.717, 1.165) is 27.0 Å². The fourth-order valence-corrected chi connectivity index (χ4v) is 7.30. The van der Waals surface area contributed by atoms with Crippen LogP contribution in [0.15, 0.2) is 120 Å². The van der Waals surface area contributed by atoms with E-state index in [4.69, 9.17) is 4.74 Å². The predicted octanol–water partition coefficient (Wildman–Crippen LogP) is 5.36. The van der Waals surface area contributed by atoms with Gasteiger partial charge in [-0.1, -0.05) is 115 Å². The highest BCUT2D eigenvalue weighted by molar-refractivity contribution is 7.87. The molecular formula is C27H24NOP. The highest BCUT2D eigenvalue weighted by Gasteiger charge is 2.27. The molecule has 2 nitrogen and oxygen atoms in total. The molecule has 0 bridgehead atoms. The Bertz CT molecular complexity index is 1080. The molecule has 0 N–H and O–H groups in total. The zero-order chi connectivity index (χ0) is 20.8. The van der Waals surface area contributed by atoms with Crippen molar-refractivity contribution in [1.82, 2.24) is 0 Å². The van der Waals surface area contributed by atoms with Gasteiger partial charge >= 0.3 is 0 Å². The first-order valence-corrected chi connectivity index (χ1v) is 11.8. The summed E-state index contributed by atoms with van der Waals surface area (Å²) in [5.41, 5.74) is 1.73. The minimum absolute atomic E-state index is 0.0558. The van der Waals surface area contributed by atoms with Crippen molar-refractivity contribution in [3.8, 4) is 0 Å². The molecule has 0 amide bonds. The second-order valence-corrected chi connectivity index (χ2v) is 10.3. The minimum Gasteiger partial charge on any atom is -0.292 e. The molecule has 3 heteroatoms. The molecule has 0 heterocycles. The Kier molecular flexibility index (Phi) is 6.07. The van der Waals surface area contributed by atoms with Crippen molar-refractivity contribution in [3.05, 3.63) is 126 Å². The maximum atomic E-state index is 13.1. The van der Waals surface area contributed by atoms with Gasteiger partial charge in [-0.25, -0.2) is 0 Å². The van der Waals surface area contributed by atoms with E-state index in [1.807, 2.05) is 49.4 Å². The van der Waals surface area contributed by atoms with Gasteiger partial charge in [0.25, 0.3) is 0 Å². The summed E-state index contributed by atoms with van der Waals surface area (Å²) in [5, 5.41) is 3.46. The Morgan fingerprint density at radius 2 is 1.03 bits per heavy atom. The molecule has 0 aromatic heterocycles. The summed E-state index contributed by atoms with van der Waals surface area (Å²) in [6.07, 6.45) is 0. The third-order valence-electron chi connectivity index (χ3n) is 5.26. The summed E-state index contributed by atoms with van der Waals surface area (Å²) in [7, 11) is -2.34.